The van der Waals surface area contributed by atoms with Crippen molar-refractivity contribution in [3.05, 3.63) is 112 Å². The number of nitrogens with zero attached hydrogens (tertiary/aromatic N) is 3. The molecule has 0 aliphatic heterocycles. The minimum atomic E-state index is -0.595. The van der Waals surface area contributed by atoms with E-state index in [4.69, 9.17) is 4.52 Å². The summed E-state index contributed by atoms with van der Waals surface area (Å²) < 4.78 is 5.00. The van der Waals surface area contributed by atoms with Gasteiger partial charge >= 0.3 is 11.8 Å². The molecule has 0 bridgehead atoms. The van der Waals surface area contributed by atoms with Gasteiger partial charge in [0.25, 0.3) is 5.69 Å². The first kappa shape index (κ1) is 23.3. The number of nitro benzene ring substituents is 1. The first-order chi connectivity index (χ1) is 17.0. The second kappa shape index (κ2) is 10.8. The summed E-state index contributed by atoms with van der Waals surface area (Å²) in [5, 5.41) is 20.0. The molecule has 3 aromatic carbocycles. The van der Waals surface area contributed by atoms with Gasteiger partial charge < -0.3 is 15.2 Å². The lowest BCUT2D eigenvalue weighted by atomic mass is 9.90. The molecule has 0 aliphatic carbocycles. The molecule has 0 radical (unpaired) electrons. The molecule has 0 unspecified atom stereocenters. The van der Waals surface area contributed by atoms with Crippen LogP contribution < -0.4 is 10.6 Å². The molecule has 0 saturated carbocycles. The number of carbonyl (C=O) groups excluding carboxylic acids is 2. The van der Waals surface area contributed by atoms with E-state index in [-0.39, 0.29) is 36.4 Å². The maximum atomic E-state index is 13.0. The van der Waals surface area contributed by atoms with E-state index in [2.05, 4.69) is 20.8 Å². The van der Waals surface area contributed by atoms with Crippen LogP contribution in [0.5, 0.6) is 0 Å². The molecule has 0 fully saturated rings. The van der Waals surface area contributed by atoms with Crippen molar-refractivity contribution in [2.24, 2.45) is 0 Å². The number of carbonyl (C=O) groups is 2. The number of aromatic nitrogens is 2. The maximum absolute atomic E-state index is 13.0. The Morgan fingerprint density at radius 2 is 1.43 bits per heavy atom. The summed E-state index contributed by atoms with van der Waals surface area (Å²) >= 11 is 0. The third-order valence-corrected chi connectivity index (χ3v) is 5.19. The predicted octanol–water partition coefficient (Wildman–Crippen LogP) is 3.32. The molecule has 35 heavy (non-hydrogen) atoms. The van der Waals surface area contributed by atoms with Crippen LogP contribution in [0.3, 0.4) is 0 Å². The molecule has 1 heterocycles. The van der Waals surface area contributed by atoms with E-state index in [1.165, 1.54) is 24.3 Å². The van der Waals surface area contributed by atoms with Crippen LogP contribution in [0.1, 0.15) is 27.7 Å². The van der Waals surface area contributed by atoms with Crippen LogP contribution in [0.25, 0.3) is 11.4 Å². The Labute approximate surface area is 200 Å². The molecule has 0 spiro atoms. The maximum Gasteiger partial charge on any atom is 0.316 e. The van der Waals surface area contributed by atoms with Crippen LogP contribution in [0.4, 0.5) is 5.69 Å². The summed E-state index contributed by atoms with van der Waals surface area (Å²) in [6.45, 7) is 0.347. The minimum Gasteiger partial charge on any atom is -0.354 e. The molecule has 10 heteroatoms. The van der Waals surface area contributed by atoms with Gasteiger partial charge in [-0.2, -0.15) is 4.98 Å². The molecule has 1 aromatic heterocycles. The van der Waals surface area contributed by atoms with E-state index in [1.807, 2.05) is 60.7 Å². The van der Waals surface area contributed by atoms with Gasteiger partial charge in [-0.1, -0.05) is 65.8 Å². The van der Waals surface area contributed by atoms with E-state index in [1.54, 1.807) is 0 Å². The smallest absolute Gasteiger partial charge is 0.316 e. The monoisotopic (exact) mass is 471 g/mol. The topological polar surface area (TPSA) is 140 Å². The van der Waals surface area contributed by atoms with Gasteiger partial charge in [-0.3, -0.25) is 19.7 Å². The third-order valence-electron chi connectivity index (χ3n) is 5.19. The highest BCUT2D eigenvalue weighted by Gasteiger charge is 2.22. The van der Waals surface area contributed by atoms with Crippen molar-refractivity contribution in [2.75, 3.05) is 13.1 Å². The normalized spacial score (nSPS) is 10.7. The number of hydrogen-bond donors (Lipinski definition) is 2. The second-order valence-electron chi connectivity index (χ2n) is 7.53. The number of amides is 2. The van der Waals surface area contributed by atoms with Crippen molar-refractivity contribution in [1.82, 2.24) is 20.8 Å². The first-order valence-electron chi connectivity index (χ1n) is 10.8. The van der Waals surface area contributed by atoms with Crippen molar-refractivity contribution in [3.63, 3.8) is 0 Å². The summed E-state index contributed by atoms with van der Waals surface area (Å²) in [6, 6.07) is 24.5. The molecule has 0 saturated heterocycles. The lowest BCUT2D eigenvalue weighted by Gasteiger charge is -2.18. The number of nitrogens with one attached hydrogen (secondary N) is 2. The summed E-state index contributed by atoms with van der Waals surface area (Å²) in [5.74, 6) is -1.38. The molecule has 4 aromatic rings. The summed E-state index contributed by atoms with van der Waals surface area (Å²) in [5.41, 5.74) is 2.13. The highest BCUT2D eigenvalue weighted by atomic mass is 16.6. The number of benzene rings is 3. The van der Waals surface area contributed by atoms with Gasteiger partial charge in [-0.05, 0) is 23.3 Å². The van der Waals surface area contributed by atoms with Crippen molar-refractivity contribution >= 4 is 17.5 Å². The van der Waals surface area contributed by atoms with E-state index in [0.717, 1.165) is 11.1 Å². The zero-order valence-electron chi connectivity index (χ0n) is 18.5. The fourth-order valence-corrected chi connectivity index (χ4v) is 3.49. The molecular formula is C25H21N5O5. The fourth-order valence-electron chi connectivity index (χ4n) is 3.49. The lowest BCUT2D eigenvalue weighted by molar-refractivity contribution is -0.384. The van der Waals surface area contributed by atoms with Crippen LogP contribution in [0, 0.1) is 10.1 Å². The predicted molar refractivity (Wildman–Crippen MR) is 126 cm³/mol. The van der Waals surface area contributed by atoms with Gasteiger partial charge in [0, 0.05) is 30.8 Å². The van der Waals surface area contributed by atoms with Gasteiger partial charge in [-0.25, -0.2) is 0 Å². The van der Waals surface area contributed by atoms with E-state index >= 15 is 0 Å². The third kappa shape index (κ3) is 5.74. The highest BCUT2D eigenvalue weighted by Crippen LogP contribution is 2.24. The van der Waals surface area contributed by atoms with Gasteiger partial charge in [-0.15, -0.1) is 0 Å². The average molecular weight is 471 g/mol. The van der Waals surface area contributed by atoms with Crippen molar-refractivity contribution < 1.29 is 19.0 Å². The lowest BCUT2D eigenvalue weighted by Crippen LogP contribution is -2.37. The standard InChI is InChI=1S/C25H21N5O5/c31-23(21(17-7-3-1-4-8-17)18-9-5-2-6-10-18)26-15-16-27-24(32)25-28-22(29-35-25)19-11-13-20(14-12-19)30(33)34/h1-14,21H,15-16H2,(H,26,31)(H,27,32). The zero-order chi connectivity index (χ0) is 24.6. The molecule has 2 amide bonds. The van der Waals surface area contributed by atoms with E-state index in [0.29, 0.717) is 5.56 Å². The SMILES string of the molecule is O=C(NCCNC(=O)C(c1ccccc1)c1ccccc1)c1nc(-c2ccc([N+](=O)[O-])cc2)no1. The van der Waals surface area contributed by atoms with Gasteiger partial charge in [0.15, 0.2) is 0 Å². The Morgan fingerprint density at radius 3 is 2.00 bits per heavy atom. The first-order valence-corrected chi connectivity index (χ1v) is 10.8. The van der Waals surface area contributed by atoms with Crippen LogP contribution in [0.2, 0.25) is 0 Å². The van der Waals surface area contributed by atoms with Crippen molar-refractivity contribution in [2.45, 2.75) is 5.92 Å². The Bertz CT molecular complexity index is 1270. The van der Waals surface area contributed by atoms with Crippen molar-refractivity contribution in [1.29, 1.82) is 0 Å². The number of nitro groups is 1. The van der Waals surface area contributed by atoms with Crippen LogP contribution in [0.15, 0.2) is 89.5 Å². The number of rotatable bonds is 9. The van der Waals surface area contributed by atoms with E-state index in [9.17, 15) is 19.7 Å². The summed E-state index contributed by atoms with van der Waals surface area (Å²) in [6.07, 6.45) is 0. The minimum absolute atomic E-state index is 0.0703. The molecule has 0 atom stereocenters. The summed E-state index contributed by atoms with van der Waals surface area (Å²) in [7, 11) is 0. The number of hydrogen-bond acceptors (Lipinski definition) is 7. The second-order valence-corrected chi connectivity index (χ2v) is 7.53. The molecule has 10 nitrogen and oxygen atoms in total. The molecule has 0 aliphatic rings. The van der Waals surface area contributed by atoms with Crippen LogP contribution >= 0.6 is 0 Å². The zero-order valence-corrected chi connectivity index (χ0v) is 18.5. The highest BCUT2D eigenvalue weighted by molar-refractivity contribution is 5.90. The average Bonchev–Trinajstić information content (AvgIpc) is 3.39. The largest absolute Gasteiger partial charge is 0.354 e. The number of non-ortho nitro benzene ring substituents is 1. The Balaban J connectivity index is 1.32. The van der Waals surface area contributed by atoms with Gasteiger partial charge in [0.2, 0.25) is 11.7 Å². The molecule has 176 valence electrons. The molecule has 2 N–H and O–H groups in total. The van der Waals surface area contributed by atoms with Crippen LogP contribution in [-0.4, -0.2) is 40.0 Å². The fraction of sp³-hybridized carbons (Fsp3) is 0.120. The Hall–Kier alpha value is -4.86. The Morgan fingerprint density at radius 1 is 0.857 bits per heavy atom. The van der Waals surface area contributed by atoms with Crippen LogP contribution in [-0.2, 0) is 4.79 Å². The molecular weight excluding hydrogens is 450 g/mol. The van der Waals surface area contributed by atoms with Gasteiger partial charge in [0.05, 0.1) is 10.8 Å². The molecule has 4 rings (SSSR count). The summed E-state index contributed by atoms with van der Waals surface area (Å²) in [4.78, 5) is 39.6. The Kier molecular flexibility index (Phi) is 7.22. The van der Waals surface area contributed by atoms with Crippen molar-refractivity contribution in [3.8, 4) is 11.4 Å². The van der Waals surface area contributed by atoms with E-state index < -0.39 is 16.7 Å². The van der Waals surface area contributed by atoms with Gasteiger partial charge in [0.1, 0.15) is 0 Å². The quantitative estimate of drug-likeness (QED) is 0.217.